The first kappa shape index (κ1) is 31.7. The quantitative estimate of drug-likeness (QED) is 0.163. The zero-order valence-electron chi connectivity index (χ0n) is 30.5. The lowest BCUT2D eigenvalue weighted by atomic mass is 9.62. The van der Waals surface area contributed by atoms with E-state index in [1.54, 1.807) is 0 Å². The van der Waals surface area contributed by atoms with E-state index in [0.29, 0.717) is 0 Å². The minimum absolute atomic E-state index is 0.634. The molecule has 0 unspecified atom stereocenters. The first-order valence-corrected chi connectivity index (χ1v) is 20.2. The van der Waals surface area contributed by atoms with Gasteiger partial charge in [0.1, 0.15) is 0 Å². The maximum Gasteiger partial charge on any atom is 0.0736 e. The van der Waals surface area contributed by atoms with Crippen molar-refractivity contribution in [1.82, 2.24) is 0 Å². The Kier molecular flexibility index (Phi) is 6.88. The summed E-state index contributed by atoms with van der Waals surface area (Å²) < 4.78 is 0. The topological polar surface area (TPSA) is 0 Å². The molecular weight excluding hydrogens is 693 g/mol. The van der Waals surface area contributed by atoms with Crippen molar-refractivity contribution in [2.45, 2.75) is 15.2 Å². The molecular formula is C55H34S. The molecule has 1 aliphatic heterocycles. The molecule has 1 heterocycles. The molecule has 0 nitrogen and oxygen atoms in total. The minimum Gasteiger partial charge on any atom is -0.0880 e. The van der Waals surface area contributed by atoms with Crippen LogP contribution in [0.25, 0.3) is 75.8 Å². The summed E-state index contributed by atoms with van der Waals surface area (Å²) in [4.78, 5) is 2.67. The third kappa shape index (κ3) is 4.38. The Morgan fingerprint density at radius 2 is 0.679 bits per heavy atom. The van der Waals surface area contributed by atoms with Crippen LogP contribution in [-0.2, 0) is 5.41 Å². The van der Waals surface area contributed by atoms with E-state index in [4.69, 9.17) is 0 Å². The van der Waals surface area contributed by atoms with Crippen molar-refractivity contribution in [1.29, 1.82) is 0 Å². The lowest BCUT2D eigenvalue weighted by Gasteiger charge is -2.44. The largest absolute Gasteiger partial charge is 0.0880 e. The molecule has 12 rings (SSSR count). The summed E-state index contributed by atoms with van der Waals surface area (Å²) in [6.07, 6.45) is 0. The van der Waals surface area contributed by atoms with Crippen molar-refractivity contribution in [3.05, 3.63) is 229 Å². The van der Waals surface area contributed by atoms with E-state index in [-0.39, 0.29) is 0 Å². The third-order valence-corrected chi connectivity index (χ3v) is 13.6. The molecule has 0 saturated heterocycles. The molecule has 0 fully saturated rings. The molecule has 0 bridgehead atoms. The Morgan fingerprint density at radius 1 is 0.268 bits per heavy atom. The first-order chi connectivity index (χ1) is 27.8. The summed E-state index contributed by atoms with van der Waals surface area (Å²) in [6, 6.07) is 77.2. The van der Waals surface area contributed by atoms with E-state index in [2.05, 4.69) is 206 Å². The SMILES string of the molecule is c1ccc(C2(c3ccc(-c4ccc5c(ccc6ccccc65)c4)cc3)c3c(c4ccccc4c4ccccc34)Sc3c2c2ccccc2c2ccccc32)cc1. The Morgan fingerprint density at radius 3 is 1.27 bits per heavy atom. The van der Waals surface area contributed by atoms with Crippen molar-refractivity contribution < 1.29 is 0 Å². The molecule has 0 spiro atoms. The van der Waals surface area contributed by atoms with E-state index < -0.39 is 5.41 Å². The van der Waals surface area contributed by atoms with Gasteiger partial charge >= 0.3 is 0 Å². The Hall–Kier alpha value is -6.67. The van der Waals surface area contributed by atoms with Gasteiger partial charge in [0, 0.05) is 9.79 Å². The molecule has 56 heavy (non-hydrogen) atoms. The normalized spacial score (nSPS) is 13.4. The van der Waals surface area contributed by atoms with Crippen molar-refractivity contribution in [2.24, 2.45) is 0 Å². The number of rotatable bonds is 3. The molecule has 1 heteroatoms. The van der Waals surface area contributed by atoms with Crippen molar-refractivity contribution in [3.63, 3.8) is 0 Å². The molecule has 1 aliphatic rings. The van der Waals surface area contributed by atoms with Gasteiger partial charge in [-0.15, -0.1) is 0 Å². The molecule has 0 aliphatic carbocycles. The second kappa shape index (κ2) is 12.2. The molecule has 0 saturated carbocycles. The second-order valence-corrected chi connectivity index (χ2v) is 16.1. The van der Waals surface area contributed by atoms with E-state index in [1.807, 2.05) is 11.8 Å². The summed E-state index contributed by atoms with van der Waals surface area (Å²) >= 11 is 1.96. The summed E-state index contributed by atoms with van der Waals surface area (Å²) in [7, 11) is 0. The highest BCUT2D eigenvalue weighted by Crippen LogP contribution is 2.62. The number of hydrogen-bond acceptors (Lipinski definition) is 1. The first-order valence-electron chi connectivity index (χ1n) is 19.4. The Bertz CT molecular complexity index is 3250. The van der Waals surface area contributed by atoms with Crippen molar-refractivity contribution >= 4 is 76.4 Å². The van der Waals surface area contributed by atoms with Crippen LogP contribution < -0.4 is 0 Å². The maximum atomic E-state index is 2.42. The average molecular weight is 727 g/mol. The lowest BCUT2D eigenvalue weighted by molar-refractivity contribution is 0.724. The Labute approximate surface area is 329 Å². The average Bonchev–Trinajstić information content (AvgIpc) is 3.28. The van der Waals surface area contributed by atoms with Gasteiger partial charge in [-0.25, -0.2) is 0 Å². The van der Waals surface area contributed by atoms with Crippen LogP contribution in [0.15, 0.2) is 216 Å². The number of fused-ring (bicyclic) bond motifs is 15. The fourth-order valence-electron chi connectivity index (χ4n) is 9.94. The molecule has 0 amide bonds. The summed E-state index contributed by atoms with van der Waals surface area (Å²) in [6.45, 7) is 0. The number of benzene rings is 11. The van der Waals surface area contributed by atoms with Crippen LogP contribution in [0, 0.1) is 0 Å². The van der Waals surface area contributed by atoms with Gasteiger partial charge in [0.15, 0.2) is 0 Å². The molecule has 11 aromatic carbocycles. The van der Waals surface area contributed by atoms with E-state index >= 15 is 0 Å². The Balaban J connectivity index is 1.22. The smallest absolute Gasteiger partial charge is 0.0736 e. The molecule has 0 aromatic heterocycles. The summed E-state index contributed by atoms with van der Waals surface area (Å²) in [5, 5.41) is 15.5. The van der Waals surface area contributed by atoms with Gasteiger partial charge in [0.25, 0.3) is 0 Å². The van der Waals surface area contributed by atoms with Gasteiger partial charge in [-0.3, -0.25) is 0 Å². The monoisotopic (exact) mass is 726 g/mol. The second-order valence-electron chi connectivity index (χ2n) is 15.1. The van der Waals surface area contributed by atoms with Crippen LogP contribution in [0.2, 0.25) is 0 Å². The van der Waals surface area contributed by atoms with Crippen LogP contribution in [0.3, 0.4) is 0 Å². The van der Waals surface area contributed by atoms with Crippen molar-refractivity contribution in [3.8, 4) is 11.1 Å². The van der Waals surface area contributed by atoms with Gasteiger partial charge in [0.2, 0.25) is 0 Å². The molecule has 0 atom stereocenters. The molecule has 11 aromatic rings. The summed E-state index contributed by atoms with van der Waals surface area (Å²) in [5.74, 6) is 0. The predicted molar refractivity (Wildman–Crippen MR) is 239 cm³/mol. The van der Waals surface area contributed by atoms with Gasteiger partial charge in [0.05, 0.1) is 5.41 Å². The number of hydrogen-bond donors (Lipinski definition) is 0. The van der Waals surface area contributed by atoms with Crippen molar-refractivity contribution in [2.75, 3.05) is 0 Å². The van der Waals surface area contributed by atoms with Crippen LogP contribution in [-0.4, -0.2) is 0 Å². The van der Waals surface area contributed by atoms with Gasteiger partial charge in [-0.2, -0.15) is 0 Å². The molecule has 0 N–H and O–H groups in total. The van der Waals surface area contributed by atoms with Gasteiger partial charge < -0.3 is 0 Å². The minimum atomic E-state index is -0.634. The highest BCUT2D eigenvalue weighted by molar-refractivity contribution is 8.00. The maximum absolute atomic E-state index is 2.42. The van der Waals surface area contributed by atoms with Crippen LogP contribution in [0.1, 0.15) is 22.3 Å². The fourth-order valence-corrected chi connectivity index (χ4v) is 11.4. The van der Waals surface area contributed by atoms with E-state index in [0.717, 1.165) is 0 Å². The molecule has 260 valence electrons. The van der Waals surface area contributed by atoms with Gasteiger partial charge in [-0.1, -0.05) is 212 Å². The standard InChI is InChI=1S/C55H34S/c1-2-15-39(16-3-1)55(40-31-28-35(29-32-40)37-30-33-42-38(34-37)27-26-36-14-4-5-17-41(36)42)51-47-22-10-6-18-43(47)45-20-8-12-24-49(45)53(51)56-54-50-25-13-9-21-46(50)44-19-7-11-23-48(44)52(54)55/h1-34H. The molecule has 0 radical (unpaired) electrons. The van der Waals surface area contributed by atoms with Crippen LogP contribution >= 0.6 is 11.8 Å². The highest BCUT2D eigenvalue weighted by Gasteiger charge is 2.47. The van der Waals surface area contributed by atoms with Gasteiger partial charge in [-0.05, 0) is 104 Å². The van der Waals surface area contributed by atoms with Crippen LogP contribution in [0.4, 0.5) is 0 Å². The van der Waals surface area contributed by atoms with Crippen LogP contribution in [0.5, 0.6) is 0 Å². The predicted octanol–water partition coefficient (Wildman–Crippen LogP) is 15.1. The zero-order chi connectivity index (χ0) is 36.8. The lowest BCUT2D eigenvalue weighted by Crippen LogP contribution is -2.35. The zero-order valence-corrected chi connectivity index (χ0v) is 31.4. The van der Waals surface area contributed by atoms with E-state index in [9.17, 15) is 0 Å². The fraction of sp³-hybridized carbons (Fsp3) is 0.0182. The third-order valence-electron chi connectivity index (χ3n) is 12.3. The van der Waals surface area contributed by atoms with E-state index in [1.165, 1.54) is 108 Å². The highest BCUT2D eigenvalue weighted by atomic mass is 32.2. The summed E-state index contributed by atoms with van der Waals surface area (Å²) in [5.41, 5.74) is 7.07.